The molecule has 5 heteroatoms. The van der Waals surface area contributed by atoms with Gasteiger partial charge in [-0.15, -0.1) is 11.3 Å². The quantitative estimate of drug-likeness (QED) is 0.881. The molecule has 2 aromatic rings. The molecule has 0 saturated carbocycles. The molecule has 108 valence electrons. The summed E-state index contributed by atoms with van der Waals surface area (Å²) in [6.07, 6.45) is -0.867. The van der Waals surface area contributed by atoms with Crippen LogP contribution in [0.3, 0.4) is 0 Å². The minimum Gasteiger partial charge on any atom is -0.387 e. The third-order valence-corrected chi connectivity index (χ3v) is 4.32. The van der Waals surface area contributed by atoms with Gasteiger partial charge in [-0.3, -0.25) is 0 Å². The molecule has 2 nitrogen and oxygen atoms in total. The second-order valence-electron chi connectivity index (χ2n) is 4.77. The molecule has 0 aliphatic heterocycles. The van der Waals surface area contributed by atoms with Crippen LogP contribution in [0.15, 0.2) is 30.3 Å². The van der Waals surface area contributed by atoms with Gasteiger partial charge in [-0.25, -0.2) is 8.78 Å². The number of aliphatic hydroxyl groups excluding tert-OH is 1. The van der Waals surface area contributed by atoms with Gasteiger partial charge >= 0.3 is 0 Å². The van der Waals surface area contributed by atoms with Crippen molar-refractivity contribution in [2.75, 3.05) is 6.54 Å². The van der Waals surface area contributed by atoms with E-state index in [-0.39, 0.29) is 12.6 Å². The van der Waals surface area contributed by atoms with Crippen LogP contribution < -0.4 is 5.32 Å². The van der Waals surface area contributed by atoms with Crippen molar-refractivity contribution in [1.82, 2.24) is 5.32 Å². The van der Waals surface area contributed by atoms with Crippen LogP contribution >= 0.6 is 11.3 Å². The third kappa shape index (κ3) is 3.62. The summed E-state index contributed by atoms with van der Waals surface area (Å²) < 4.78 is 25.9. The molecule has 0 saturated heterocycles. The van der Waals surface area contributed by atoms with Crippen LogP contribution in [-0.2, 0) is 0 Å². The molecule has 0 aliphatic carbocycles. The van der Waals surface area contributed by atoms with Gasteiger partial charge in [0.25, 0.3) is 0 Å². The van der Waals surface area contributed by atoms with Crippen LogP contribution in [0.4, 0.5) is 8.78 Å². The van der Waals surface area contributed by atoms with Gasteiger partial charge < -0.3 is 10.4 Å². The summed E-state index contributed by atoms with van der Waals surface area (Å²) in [5.41, 5.74) is 0.367. The molecule has 20 heavy (non-hydrogen) atoms. The van der Waals surface area contributed by atoms with E-state index in [1.54, 1.807) is 11.3 Å². The van der Waals surface area contributed by atoms with Crippen LogP contribution in [0, 0.1) is 18.6 Å². The van der Waals surface area contributed by atoms with E-state index < -0.39 is 17.7 Å². The van der Waals surface area contributed by atoms with Crippen molar-refractivity contribution in [3.8, 4) is 0 Å². The highest BCUT2D eigenvalue weighted by Crippen LogP contribution is 2.23. The highest BCUT2D eigenvalue weighted by molar-refractivity contribution is 7.12. The molecule has 2 rings (SSSR count). The number of hydrogen-bond donors (Lipinski definition) is 2. The van der Waals surface area contributed by atoms with Crippen LogP contribution in [0.5, 0.6) is 0 Å². The molecule has 0 aliphatic rings. The van der Waals surface area contributed by atoms with Gasteiger partial charge in [0.2, 0.25) is 0 Å². The van der Waals surface area contributed by atoms with Crippen LogP contribution in [-0.4, -0.2) is 11.7 Å². The smallest absolute Gasteiger partial charge is 0.159 e. The molecule has 0 bridgehead atoms. The Morgan fingerprint density at radius 1 is 1.20 bits per heavy atom. The molecule has 2 N–H and O–H groups in total. The molecule has 0 spiro atoms. The summed E-state index contributed by atoms with van der Waals surface area (Å²) in [4.78, 5) is 2.41. The van der Waals surface area contributed by atoms with Crippen molar-refractivity contribution in [1.29, 1.82) is 0 Å². The summed E-state index contributed by atoms with van der Waals surface area (Å²) in [7, 11) is 0. The normalized spacial score (nSPS) is 14.2. The first-order chi connectivity index (χ1) is 9.47. The third-order valence-electron chi connectivity index (χ3n) is 3.13. The molecular weight excluding hydrogens is 280 g/mol. The summed E-state index contributed by atoms with van der Waals surface area (Å²) in [5, 5.41) is 13.2. The predicted octanol–water partition coefficient (Wildman–Crippen LogP) is 3.72. The fraction of sp³-hybridized carbons (Fsp3) is 0.333. The number of aryl methyl sites for hydroxylation is 1. The lowest BCUT2D eigenvalue weighted by molar-refractivity contribution is 0.170. The lowest BCUT2D eigenvalue weighted by atomic mass is 10.1. The molecule has 0 amide bonds. The van der Waals surface area contributed by atoms with Gasteiger partial charge in [-0.2, -0.15) is 0 Å². The number of rotatable bonds is 5. The fourth-order valence-corrected chi connectivity index (χ4v) is 2.82. The molecule has 1 heterocycles. The predicted molar refractivity (Wildman–Crippen MR) is 76.8 cm³/mol. The zero-order valence-corrected chi connectivity index (χ0v) is 12.2. The zero-order chi connectivity index (χ0) is 14.7. The fourth-order valence-electron chi connectivity index (χ4n) is 1.91. The summed E-state index contributed by atoms with van der Waals surface area (Å²) in [5.74, 6) is -1.85. The van der Waals surface area contributed by atoms with E-state index in [9.17, 15) is 13.9 Å². The van der Waals surface area contributed by atoms with E-state index in [4.69, 9.17) is 0 Å². The van der Waals surface area contributed by atoms with Crippen LogP contribution in [0.25, 0.3) is 0 Å². The summed E-state index contributed by atoms with van der Waals surface area (Å²) in [6.45, 7) is 4.32. The lowest BCUT2D eigenvalue weighted by Crippen LogP contribution is -2.24. The Kier molecular flexibility index (Phi) is 4.86. The molecule has 0 radical (unpaired) electrons. The van der Waals surface area contributed by atoms with Gasteiger partial charge in [0, 0.05) is 22.3 Å². The Bertz CT molecular complexity index is 585. The monoisotopic (exact) mass is 297 g/mol. The highest BCUT2D eigenvalue weighted by Gasteiger charge is 2.13. The van der Waals surface area contributed by atoms with Gasteiger partial charge in [0.1, 0.15) is 0 Å². The molecule has 2 atom stereocenters. The number of benzene rings is 1. The number of halogens is 2. The average Bonchev–Trinajstić information content (AvgIpc) is 2.85. The maximum Gasteiger partial charge on any atom is 0.159 e. The van der Waals surface area contributed by atoms with Crippen molar-refractivity contribution in [3.63, 3.8) is 0 Å². The number of aliphatic hydroxyl groups is 1. The topological polar surface area (TPSA) is 32.3 Å². The number of nitrogens with one attached hydrogen (secondary N) is 1. The molecule has 0 fully saturated rings. The zero-order valence-electron chi connectivity index (χ0n) is 11.4. The Morgan fingerprint density at radius 3 is 2.55 bits per heavy atom. The lowest BCUT2D eigenvalue weighted by Gasteiger charge is -2.16. The second kappa shape index (κ2) is 6.43. The van der Waals surface area contributed by atoms with Crippen molar-refractivity contribution >= 4 is 11.3 Å². The van der Waals surface area contributed by atoms with Gasteiger partial charge in [0.15, 0.2) is 11.6 Å². The van der Waals surface area contributed by atoms with E-state index in [0.717, 1.165) is 12.1 Å². The molecule has 1 aromatic carbocycles. The molecule has 1 aromatic heterocycles. The maximum atomic E-state index is 13.1. The molecule has 2 unspecified atom stereocenters. The van der Waals surface area contributed by atoms with Gasteiger partial charge in [-0.1, -0.05) is 6.07 Å². The summed E-state index contributed by atoms with van der Waals surface area (Å²) in [6, 6.07) is 7.64. The van der Waals surface area contributed by atoms with Crippen molar-refractivity contribution in [2.24, 2.45) is 0 Å². The average molecular weight is 297 g/mol. The van der Waals surface area contributed by atoms with E-state index in [0.29, 0.717) is 5.56 Å². The van der Waals surface area contributed by atoms with E-state index in [2.05, 4.69) is 5.32 Å². The van der Waals surface area contributed by atoms with Crippen molar-refractivity contribution in [3.05, 3.63) is 57.3 Å². The van der Waals surface area contributed by atoms with Gasteiger partial charge in [-0.05, 0) is 43.7 Å². The van der Waals surface area contributed by atoms with E-state index >= 15 is 0 Å². The van der Waals surface area contributed by atoms with E-state index in [1.165, 1.54) is 15.8 Å². The first kappa shape index (κ1) is 15.1. The number of thiophene rings is 1. The van der Waals surface area contributed by atoms with Crippen molar-refractivity contribution < 1.29 is 13.9 Å². The first-order valence-corrected chi connectivity index (χ1v) is 7.21. The Labute approximate surface area is 121 Å². The minimum atomic E-state index is -0.941. The van der Waals surface area contributed by atoms with Crippen LogP contribution in [0.2, 0.25) is 0 Å². The number of hydrogen-bond acceptors (Lipinski definition) is 3. The Morgan fingerprint density at radius 2 is 1.95 bits per heavy atom. The Balaban J connectivity index is 1.94. The minimum absolute atomic E-state index is 0.105. The second-order valence-corrected chi connectivity index (χ2v) is 6.09. The van der Waals surface area contributed by atoms with Gasteiger partial charge in [0.05, 0.1) is 6.10 Å². The summed E-state index contributed by atoms with van der Waals surface area (Å²) >= 11 is 1.69. The highest BCUT2D eigenvalue weighted by atomic mass is 32.1. The molecular formula is C15H17F2NOS. The first-order valence-electron chi connectivity index (χ1n) is 6.40. The van der Waals surface area contributed by atoms with Crippen molar-refractivity contribution in [2.45, 2.75) is 26.0 Å². The largest absolute Gasteiger partial charge is 0.387 e. The SMILES string of the molecule is Cc1ccc(C(C)NCC(O)c2ccc(F)c(F)c2)s1. The standard InChI is InChI=1S/C15H17F2NOS/c1-9-3-6-15(20-9)10(2)18-8-14(19)11-4-5-12(16)13(17)7-11/h3-7,10,14,18-19H,8H2,1-2H3. The maximum absolute atomic E-state index is 13.1. The Hall–Kier alpha value is -1.30. The van der Waals surface area contributed by atoms with E-state index in [1.807, 2.05) is 26.0 Å². The van der Waals surface area contributed by atoms with Crippen LogP contribution in [0.1, 0.15) is 34.4 Å².